The Labute approximate surface area is 91.1 Å². The summed E-state index contributed by atoms with van der Waals surface area (Å²) >= 11 is 0. The molecule has 0 aliphatic heterocycles. The van der Waals surface area contributed by atoms with Gasteiger partial charge in [0.2, 0.25) is 0 Å². The SMILES string of the molecule is COC(=O)c1cc(N=[N+]=[N-])cc(B(O)O)c1. The van der Waals surface area contributed by atoms with Crippen molar-refractivity contribution in [1.29, 1.82) is 0 Å². The maximum Gasteiger partial charge on any atom is 0.488 e. The Morgan fingerprint density at radius 1 is 1.50 bits per heavy atom. The van der Waals surface area contributed by atoms with E-state index in [1.54, 1.807) is 0 Å². The van der Waals surface area contributed by atoms with E-state index >= 15 is 0 Å². The van der Waals surface area contributed by atoms with Gasteiger partial charge >= 0.3 is 13.1 Å². The van der Waals surface area contributed by atoms with Crippen LogP contribution in [0, 0.1) is 0 Å². The molecule has 0 saturated heterocycles. The largest absolute Gasteiger partial charge is 0.488 e. The molecule has 0 amide bonds. The van der Waals surface area contributed by atoms with Gasteiger partial charge in [-0.15, -0.1) is 0 Å². The van der Waals surface area contributed by atoms with Gasteiger partial charge in [-0.25, -0.2) is 4.79 Å². The van der Waals surface area contributed by atoms with Crippen LogP contribution in [0.25, 0.3) is 10.4 Å². The highest BCUT2D eigenvalue weighted by Crippen LogP contribution is 2.14. The summed E-state index contributed by atoms with van der Waals surface area (Å²) in [6.45, 7) is 0. The molecule has 0 heterocycles. The lowest BCUT2D eigenvalue weighted by molar-refractivity contribution is 0.0601. The van der Waals surface area contributed by atoms with E-state index in [0.717, 1.165) is 0 Å². The van der Waals surface area contributed by atoms with E-state index in [9.17, 15) is 4.79 Å². The van der Waals surface area contributed by atoms with Gasteiger partial charge in [0.1, 0.15) is 0 Å². The first-order valence-electron chi connectivity index (χ1n) is 4.23. The molecular formula is C8H8BN3O4. The molecule has 0 spiro atoms. The van der Waals surface area contributed by atoms with Crippen LogP contribution in [0.3, 0.4) is 0 Å². The van der Waals surface area contributed by atoms with Crippen molar-refractivity contribution in [2.24, 2.45) is 5.11 Å². The van der Waals surface area contributed by atoms with E-state index in [-0.39, 0.29) is 16.7 Å². The van der Waals surface area contributed by atoms with Crippen molar-refractivity contribution >= 4 is 24.2 Å². The summed E-state index contributed by atoms with van der Waals surface area (Å²) in [6, 6.07) is 3.79. The molecule has 0 unspecified atom stereocenters. The summed E-state index contributed by atoms with van der Waals surface area (Å²) < 4.78 is 4.47. The fraction of sp³-hybridized carbons (Fsp3) is 0.125. The average molecular weight is 221 g/mol. The van der Waals surface area contributed by atoms with Crippen LogP contribution in [-0.2, 0) is 4.74 Å². The smallest absolute Gasteiger partial charge is 0.465 e. The first-order valence-corrected chi connectivity index (χ1v) is 4.23. The van der Waals surface area contributed by atoms with E-state index in [1.807, 2.05) is 0 Å². The fourth-order valence-corrected chi connectivity index (χ4v) is 1.13. The van der Waals surface area contributed by atoms with Gasteiger partial charge < -0.3 is 14.8 Å². The molecule has 0 atom stereocenters. The average Bonchev–Trinajstić information content (AvgIpc) is 2.28. The van der Waals surface area contributed by atoms with Crippen LogP contribution in [0.2, 0.25) is 0 Å². The van der Waals surface area contributed by atoms with Gasteiger partial charge in [0.15, 0.2) is 0 Å². The summed E-state index contributed by atoms with van der Waals surface area (Å²) in [5.41, 5.74) is 8.48. The molecule has 0 bridgehead atoms. The molecule has 1 aromatic rings. The Morgan fingerprint density at radius 3 is 2.69 bits per heavy atom. The second kappa shape index (κ2) is 5.17. The molecule has 0 aliphatic rings. The minimum Gasteiger partial charge on any atom is -0.465 e. The van der Waals surface area contributed by atoms with Crippen LogP contribution >= 0.6 is 0 Å². The Morgan fingerprint density at radius 2 is 2.19 bits per heavy atom. The minimum absolute atomic E-state index is 0.0466. The normalized spacial score (nSPS) is 9.19. The van der Waals surface area contributed by atoms with Crippen molar-refractivity contribution in [3.05, 3.63) is 34.2 Å². The highest BCUT2D eigenvalue weighted by Gasteiger charge is 2.15. The van der Waals surface area contributed by atoms with Gasteiger partial charge in [-0.05, 0) is 23.1 Å². The number of hydrogen-bond donors (Lipinski definition) is 2. The number of nitrogens with zero attached hydrogens (tertiary/aromatic N) is 3. The third-order valence-electron chi connectivity index (χ3n) is 1.82. The summed E-state index contributed by atoms with van der Waals surface area (Å²) in [5, 5.41) is 21.2. The number of hydrogen-bond acceptors (Lipinski definition) is 5. The zero-order valence-corrected chi connectivity index (χ0v) is 8.36. The van der Waals surface area contributed by atoms with Gasteiger partial charge in [-0.3, -0.25) is 0 Å². The van der Waals surface area contributed by atoms with Gasteiger partial charge in [0.05, 0.1) is 12.7 Å². The summed E-state index contributed by atoms with van der Waals surface area (Å²) in [7, 11) is -0.560. The lowest BCUT2D eigenvalue weighted by Crippen LogP contribution is -2.30. The first-order chi connectivity index (χ1) is 7.58. The molecule has 2 N–H and O–H groups in total. The summed E-state index contributed by atoms with van der Waals surface area (Å²) in [5.74, 6) is -0.656. The van der Waals surface area contributed by atoms with Crippen molar-refractivity contribution in [2.45, 2.75) is 0 Å². The molecule has 82 valence electrons. The molecule has 0 aromatic heterocycles. The standard InChI is InChI=1S/C8H8BN3O4/c1-16-8(13)5-2-6(9(14)15)4-7(3-5)11-12-10/h2-4,14-15H,1H3. The molecular weight excluding hydrogens is 213 g/mol. The predicted molar refractivity (Wildman–Crippen MR) is 56.4 cm³/mol. The highest BCUT2D eigenvalue weighted by atomic mass is 16.5. The molecule has 1 aromatic carbocycles. The van der Waals surface area contributed by atoms with Crippen molar-refractivity contribution in [3.63, 3.8) is 0 Å². The molecule has 0 aliphatic carbocycles. The third kappa shape index (κ3) is 2.74. The molecule has 16 heavy (non-hydrogen) atoms. The van der Waals surface area contributed by atoms with E-state index in [2.05, 4.69) is 14.8 Å². The Hall–Kier alpha value is -2.02. The van der Waals surface area contributed by atoms with Crippen LogP contribution in [0.1, 0.15) is 10.4 Å². The summed E-state index contributed by atoms with van der Waals surface area (Å²) in [4.78, 5) is 13.8. The number of azide groups is 1. The van der Waals surface area contributed by atoms with Crippen molar-refractivity contribution in [3.8, 4) is 0 Å². The van der Waals surface area contributed by atoms with Crippen molar-refractivity contribution < 1.29 is 19.6 Å². The third-order valence-corrected chi connectivity index (χ3v) is 1.82. The number of ether oxygens (including phenoxy) is 1. The maximum atomic E-state index is 11.2. The Kier molecular flexibility index (Phi) is 3.90. The number of esters is 1. The lowest BCUT2D eigenvalue weighted by atomic mass is 9.79. The van der Waals surface area contributed by atoms with Gasteiger partial charge in [-0.1, -0.05) is 11.2 Å². The Balaban J connectivity index is 3.28. The predicted octanol–water partition coefficient (Wildman–Crippen LogP) is 0.0948. The maximum absolute atomic E-state index is 11.2. The fourth-order valence-electron chi connectivity index (χ4n) is 1.13. The zero-order chi connectivity index (χ0) is 12.1. The first kappa shape index (κ1) is 12.1. The van der Waals surface area contributed by atoms with Crippen LogP contribution in [0.15, 0.2) is 23.3 Å². The molecule has 1 rings (SSSR count). The van der Waals surface area contributed by atoms with Crippen LogP contribution in [-0.4, -0.2) is 30.2 Å². The van der Waals surface area contributed by atoms with Crippen molar-refractivity contribution in [2.75, 3.05) is 7.11 Å². The van der Waals surface area contributed by atoms with Crippen LogP contribution in [0.4, 0.5) is 5.69 Å². The number of benzene rings is 1. The van der Waals surface area contributed by atoms with E-state index in [1.165, 1.54) is 25.3 Å². The zero-order valence-electron chi connectivity index (χ0n) is 8.36. The second-order valence-corrected chi connectivity index (χ2v) is 2.87. The monoisotopic (exact) mass is 221 g/mol. The van der Waals surface area contributed by atoms with E-state index in [4.69, 9.17) is 15.6 Å². The van der Waals surface area contributed by atoms with Crippen LogP contribution < -0.4 is 5.46 Å². The van der Waals surface area contributed by atoms with Crippen molar-refractivity contribution in [1.82, 2.24) is 0 Å². The molecule has 0 radical (unpaired) electrons. The summed E-state index contributed by atoms with van der Waals surface area (Å²) in [6.07, 6.45) is 0. The highest BCUT2D eigenvalue weighted by molar-refractivity contribution is 6.58. The number of rotatable bonds is 3. The van der Waals surface area contributed by atoms with Gasteiger partial charge in [0.25, 0.3) is 0 Å². The molecule has 0 fully saturated rings. The number of carbonyl (C=O) groups excluding carboxylic acids is 1. The molecule has 8 heteroatoms. The number of carbonyl (C=O) groups is 1. The van der Waals surface area contributed by atoms with E-state index < -0.39 is 13.1 Å². The number of methoxy groups -OCH3 is 1. The van der Waals surface area contributed by atoms with Gasteiger partial charge in [-0.2, -0.15) is 0 Å². The topological polar surface area (TPSA) is 116 Å². The second-order valence-electron chi connectivity index (χ2n) is 2.87. The van der Waals surface area contributed by atoms with Gasteiger partial charge in [0, 0.05) is 10.6 Å². The van der Waals surface area contributed by atoms with E-state index in [0.29, 0.717) is 0 Å². The molecule has 0 saturated carbocycles. The van der Waals surface area contributed by atoms with Crippen LogP contribution in [0.5, 0.6) is 0 Å². The Bertz CT molecular complexity index is 457. The quantitative estimate of drug-likeness (QED) is 0.247. The lowest BCUT2D eigenvalue weighted by Gasteiger charge is -2.04. The molecule has 7 nitrogen and oxygen atoms in total. The minimum atomic E-state index is -1.75.